The standard InChI is InChI=1S/C18H22FN5O2/c1-13-2-5-20-17(23-13)25-6-3-14-4-7-26-18(8-14)11-24(12-18)16-21-9-15(19)10-22-16/h2,5,9-10,14H,3-4,6-8,11-12H2,1H3. The van der Waals surface area contributed by atoms with Crippen LogP contribution in [0.5, 0.6) is 6.01 Å². The van der Waals surface area contributed by atoms with Gasteiger partial charge in [-0.25, -0.2) is 24.3 Å². The van der Waals surface area contributed by atoms with Crippen LogP contribution in [0.15, 0.2) is 24.7 Å². The van der Waals surface area contributed by atoms with Crippen LogP contribution < -0.4 is 9.64 Å². The van der Waals surface area contributed by atoms with Crippen LogP contribution in [0.3, 0.4) is 0 Å². The van der Waals surface area contributed by atoms with E-state index in [-0.39, 0.29) is 5.60 Å². The highest BCUT2D eigenvalue weighted by Gasteiger charge is 2.48. The molecule has 2 aromatic heterocycles. The number of hydrogen-bond acceptors (Lipinski definition) is 7. The van der Waals surface area contributed by atoms with Crippen molar-refractivity contribution >= 4 is 5.95 Å². The van der Waals surface area contributed by atoms with Crippen LogP contribution in [0.25, 0.3) is 0 Å². The van der Waals surface area contributed by atoms with Gasteiger partial charge in [-0.2, -0.15) is 0 Å². The van der Waals surface area contributed by atoms with Gasteiger partial charge in [-0.15, -0.1) is 0 Å². The minimum Gasteiger partial charge on any atom is -0.463 e. The third-order valence-electron chi connectivity index (χ3n) is 4.97. The van der Waals surface area contributed by atoms with Gasteiger partial charge in [0, 0.05) is 18.5 Å². The Bertz CT molecular complexity index is 752. The quantitative estimate of drug-likeness (QED) is 0.810. The molecule has 26 heavy (non-hydrogen) atoms. The third kappa shape index (κ3) is 3.75. The Morgan fingerprint density at radius 3 is 2.88 bits per heavy atom. The van der Waals surface area contributed by atoms with Crippen molar-refractivity contribution < 1.29 is 13.9 Å². The van der Waals surface area contributed by atoms with Crippen molar-refractivity contribution in [2.45, 2.75) is 31.8 Å². The van der Waals surface area contributed by atoms with E-state index in [1.54, 1.807) is 6.20 Å². The summed E-state index contributed by atoms with van der Waals surface area (Å²) in [5, 5.41) is 0. The van der Waals surface area contributed by atoms with E-state index in [9.17, 15) is 4.39 Å². The van der Waals surface area contributed by atoms with Gasteiger partial charge in [0.2, 0.25) is 5.95 Å². The lowest BCUT2D eigenvalue weighted by Gasteiger charge is -2.53. The average Bonchev–Trinajstić information content (AvgIpc) is 2.61. The van der Waals surface area contributed by atoms with Crippen molar-refractivity contribution in [2.24, 2.45) is 5.92 Å². The van der Waals surface area contributed by atoms with Gasteiger partial charge in [-0.05, 0) is 38.2 Å². The maximum absolute atomic E-state index is 12.9. The topological polar surface area (TPSA) is 73.3 Å². The molecule has 4 rings (SSSR count). The fourth-order valence-electron chi connectivity index (χ4n) is 3.67. The minimum atomic E-state index is -0.421. The first kappa shape index (κ1) is 17.1. The predicted molar refractivity (Wildman–Crippen MR) is 92.5 cm³/mol. The first-order valence-corrected chi connectivity index (χ1v) is 8.91. The molecule has 2 aliphatic heterocycles. The van der Waals surface area contributed by atoms with E-state index in [2.05, 4.69) is 19.9 Å². The molecule has 0 amide bonds. The summed E-state index contributed by atoms with van der Waals surface area (Å²) < 4.78 is 24.7. The Kier molecular flexibility index (Phi) is 4.67. The third-order valence-corrected chi connectivity index (χ3v) is 4.97. The summed E-state index contributed by atoms with van der Waals surface area (Å²) in [5.74, 6) is 0.683. The van der Waals surface area contributed by atoms with Gasteiger partial charge < -0.3 is 14.4 Å². The van der Waals surface area contributed by atoms with E-state index < -0.39 is 5.82 Å². The first-order valence-electron chi connectivity index (χ1n) is 8.91. The van der Waals surface area contributed by atoms with Crippen LogP contribution in [0.2, 0.25) is 0 Å². The maximum atomic E-state index is 12.9. The molecule has 1 spiro atoms. The van der Waals surface area contributed by atoms with E-state index >= 15 is 0 Å². The Labute approximate surface area is 151 Å². The van der Waals surface area contributed by atoms with Gasteiger partial charge in [0.1, 0.15) is 5.60 Å². The highest BCUT2D eigenvalue weighted by Crippen LogP contribution is 2.39. The summed E-state index contributed by atoms with van der Waals surface area (Å²) in [6.45, 7) is 4.77. The monoisotopic (exact) mass is 359 g/mol. The number of hydrogen-bond donors (Lipinski definition) is 0. The van der Waals surface area contributed by atoms with Crippen molar-refractivity contribution in [3.05, 3.63) is 36.2 Å². The Morgan fingerprint density at radius 1 is 1.31 bits per heavy atom. The average molecular weight is 359 g/mol. The Hall–Kier alpha value is -2.35. The lowest BCUT2D eigenvalue weighted by atomic mass is 9.79. The summed E-state index contributed by atoms with van der Waals surface area (Å²) >= 11 is 0. The molecule has 4 heterocycles. The van der Waals surface area contributed by atoms with Crippen LogP contribution in [-0.2, 0) is 4.74 Å². The molecule has 2 saturated heterocycles. The fourth-order valence-corrected chi connectivity index (χ4v) is 3.67. The molecule has 2 aliphatic rings. The maximum Gasteiger partial charge on any atom is 0.316 e. The predicted octanol–water partition coefficient (Wildman–Crippen LogP) is 2.17. The molecule has 0 N–H and O–H groups in total. The zero-order valence-electron chi connectivity index (χ0n) is 14.8. The molecule has 0 radical (unpaired) electrons. The fraction of sp³-hybridized carbons (Fsp3) is 0.556. The molecule has 1 unspecified atom stereocenters. The molecule has 2 fully saturated rings. The molecule has 0 bridgehead atoms. The van der Waals surface area contributed by atoms with Crippen LogP contribution in [0, 0.1) is 18.7 Å². The lowest BCUT2D eigenvalue weighted by Crippen LogP contribution is -2.66. The molecule has 7 nitrogen and oxygen atoms in total. The summed E-state index contributed by atoms with van der Waals surface area (Å²) in [7, 11) is 0. The van der Waals surface area contributed by atoms with Gasteiger partial charge in [-0.1, -0.05) is 0 Å². The smallest absolute Gasteiger partial charge is 0.316 e. The van der Waals surface area contributed by atoms with E-state index in [4.69, 9.17) is 9.47 Å². The number of ether oxygens (including phenoxy) is 2. The first-order chi connectivity index (χ1) is 12.6. The number of rotatable bonds is 5. The van der Waals surface area contributed by atoms with E-state index in [0.29, 0.717) is 24.5 Å². The van der Waals surface area contributed by atoms with E-state index in [0.717, 1.165) is 44.7 Å². The van der Waals surface area contributed by atoms with Crippen LogP contribution in [-0.4, -0.2) is 51.8 Å². The summed E-state index contributed by atoms with van der Waals surface area (Å²) in [5.41, 5.74) is 0.762. The lowest BCUT2D eigenvalue weighted by molar-refractivity contribution is -0.115. The zero-order valence-corrected chi connectivity index (χ0v) is 14.8. The Morgan fingerprint density at radius 2 is 2.12 bits per heavy atom. The van der Waals surface area contributed by atoms with Gasteiger partial charge >= 0.3 is 6.01 Å². The van der Waals surface area contributed by atoms with E-state index in [1.807, 2.05) is 17.9 Å². The number of anilines is 1. The second-order valence-electron chi connectivity index (χ2n) is 7.07. The molecular weight excluding hydrogens is 337 g/mol. The van der Waals surface area contributed by atoms with Crippen molar-refractivity contribution in [3.63, 3.8) is 0 Å². The van der Waals surface area contributed by atoms with Gasteiger partial charge in [0.05, 0.1) is 32.1 Å². The van der Waals surface area contributed by atoms with Crippen molar-refractivity contribution in [3.8, 4) is 6.01 Å². The highest BCUT2D eigenvalue weighted by molar-refractivity contribution is 5.37. The number of aryl methyl sites for hydroxylation is 1. The highest BCUT2D eigenvalue weighted by atomic mass is 19.1. The van der Waals surface area contributed by atoms with E-state index in [1.165, 1.54) is 12.4 Å². The molecule has 8 heteroatoms. The summed E-state index contributed by atoms with van der Waals surface area (Å²) in [6, 6.07) is 2.29. The van der Waals surface area contributed by atoms with Gasteiger partial charge in [-0.3, -0.25) is 0 Å². The Balaban J connectivity index is 1.26. The molecular formula is C18H22FN5O2. The zero-order chi connectivity index (χ0) is 18.0. The number of halogens is 1. The minimum absolute atomic E-state index is 0.138. The van der Waals surface area contributed by atoms with Crippen molar-refractivity contribution in [2.75, 3.05) is 31.2 Å². The normalized spacial score (nSPS) is 21.5. The largest absolute Gasteiger partial charge is 0.463 e. The van der Waals surface area contributed by atoms with Crippen molar-refractivity contribution in [1.82, 2.24) is 19.9 Å². The molecule has 138 valence electrons. The number of aromatic nitrogens is 4. The molecule has 0 saturated carbocycles. The summed E-state index contributed by atoms with van der Waals surface area (Å²) in [4.78, 5) is 18.5. The molecule has 0 aliphatic carbocycles. The second kappa shape index (κ2) is 7.11. The molecule has 0 aromatic carbocycles. The van der Waals surface area contributed by atoms with Gasteiger partial charge in [0.15, 0.2) is 5.82 Å². The van der Waals surface area contributed by atoms with Crippen LogP contribution >= 0.6 is 0 Å². The van der Waals surface area contributed by atoms with Crippen LogP contribution in [0.1, 0.15) is 25.0 Å². The number of nitrogens with zero attached hydrogens (tertiary/aromatic N) is 5. The molecule has 1 atom stereocenters. The van der Waals surface area contributed by atoms with Gasteiger partial charge in [0.25, 0.3) is 0 Å². The van der Waals surface area contributed by atoms with Crippen LogP contribution in [0.4, 0.5) is 10.3 Å². The SMILES string of the molecule is Cc1ccnc(OCCC2CCOC3(C2)CN(c2ncc(F)cn2)C3)n1. The van der Waals surface area contributed by atoms with Crippen molar-refractivity contribution in [1.29, 1.82) is 0 Å². The molecule has 2 aromatic rings. The second-order valence-corrected chi connectivity index (χ2v) is 7.07. The summed E-state index contributed by atoms with van der Waals surface area (Å²) in [6.07, 6.45) is 7.08.